The highest BCUT2D eigenvalue weighted by Gasteiger charge is 2.36. The van der Waals surface area contributed by atoms with E-state index >= 15 is 4.79 Å². The Hall–Kier alpha value is -4.14. The number of amidine groups is 1. The molecule has 2 atom stereocenters. The van der Waals surface area contributed by atoms with Crippen molar-refractivity contribution in [3.05, 3.63) is 118 Å². The molecule has 0 spiro atoms. The number of benzene rings is 2. The average molecular weight is 787 g/mol. The van der Waals surface area contributed by atoms with E-state index in [9.17, 15) is 4.79 Å². The van der Waals surface area contributed by atoms with Crippen molar-refractivity contribution in [3.63, 3.8) is 0 Å². The van der Waals surface area contributed by atoms with Crippen LogP contribution in [-0.2, 0) is 16.8 Å². The van der Waals surface area contributed by atoms with Gasteiger partial charge in [0.15, 0.2) is 0 Å². The lowest BCUT2D eigenvalue weighted by Gasteiger charge is -2.38. The lowest BCUT2D eigenvalue weighted by atomic mass is 9.83. The number of aromatic nitrogens is 1. The number of urea groups is 1. The molecule has 55 heavy (non-hydrogen) atoms. The van der Waals surface area contributed by atoms with Crippen LogP contribution in [0.5, 0.6) is 5.75 Å². The third-order valence-corrected chi connectivity index (χ3v) is 11.4. The zero-order valence-corrected chi connectivity index (χ0v) is 35.2. The quantitative estimate of drug-likeness (QED) is 0.143. The summed E-state index contributed by atoms with van der Waals surface area (Å²) in [4.78, 5) is 44.4. The van der Waals surface area contributed by atoms with Gasteiger partial charge in [0, 0.05) is 65.9 Å². The van der Waals surface area contributed by atoms with E-state index in [1.54, 1.807) is 11.1 Å². The second-order valence-corrected chi connectivity index (χ2v) is 17.2. The van der Waals surface area contributed by atoms with Gasteiger partial charge in [-0.1, -0.05) is 98.6 Å². The van der Waals surface area contributed by atoms with Gasteiger partial charge in [0.05, 0.1) is 30.3 Å². The molecule has 0 bridgehead atoms. The van der Waals surface area contributed by atoms with Gasteiger partial charge in [0.1, 0.15) is 11.6 Å². The van der Waals surface area contributed by atoms with Gasteiger partial charge in [-0.2, -0.15) is 0 Å². The van der Waals surface area contributed by atoms with Crippen LogP contribution >= 0.6 is 23.2 Å². The zero-order chi connectivity index (χ0) is 39.9. The van der Waals surface area contributed by atoms with E-state index in [1.165, 1.54) is 0 Å². The van der Waals surface area contributed by atoms with Crippen LogP contribution in [0.15, 0.2) is 95.1 Å². The van der Waals surface area contributed by atoms with Gasteiger partial charge in [-0.25, -0.2) is 4.79 Å². The maximum Gasteiger partial charge on any atom is 0.325 e. The molecule has 2 aliphatic rings. The van der Waals surface area contributed by atoms with E-state index in [4.69, 9.17) is 37.9 Å². The van der Waals surface area contributed by atoms with E-state index < -0.39 is 5.54 Å². The number of hydrogen-bond donors (Lipinski definition) is 0. The maximum atomic E-state index is 15.0. The van der Waals surface area contributed by atoms with Gasteiger partial charge in [-0.15, -0.1) is 0 Å². The number of rotatable bonds is 11. The monoisotopic (exact) mass is 785 g/mol. The molecule has 5 rings (SSSR count). The van der Waals surface area contributed by atoms with Gasteiger partial charge < -0.3 is 14.5 Å². The third-order valence-electron chi connectivity index (χ3n) is 10.9. The molecule has 1 aromatic heterocycles. The second kappa shape index (κ2) is 18.2. The Labute approximate surface area is 338 Å². The van der Waals surface area contributed by atoms with Gasteiger partial charge in [0.25, 0.3) is 0 Å². The summed E-state index contributed by atoms with van der Waals surface area (Å²) in [6, 6.07) is 19.5. The van der Waals surface area contributed by atoms with Gasteiger partial charge in [-0.3, -0.25) is 19.7 Å². The lowest BCUT2D eigenvalue weighted by Crippen LogP contribution is -2.50. The standard InChI is InChI=1S/C45H57Cl2N5O3/c1-9-55-39-28-40(44(3,4)5)48-29-38(39)42(49-45(6,7)35-17-21-37(47)22-18-35)52(30-33-15-19-36(46)20-16-33)43(54)51-25-23-32(24-26-51)27-41(53)50(8)31(2)34-13-11-10-12-14-34/h10-17,19-22,28-29,31-32,35H,9,18,23-27,30H2,1-8H3/b49-42-/t31-,35?/m0/s1. The van der Waals surface area contributed by atoms with Gasteiger partial charge in [-0.05, 0) is 82.2 Å². The molecule has 0 radical (unpaired) electrons. The number of aliphatic imine (C=N–C) groups is 1. The minimum absolute atomic E-state index is 0.0237. The number of likely N-dealkylation sites (tertiary alicyclic amines) is 1. The summed E-state index contributed by atoms with van der Waals surface area (Å²) >= 11 is 12.7. The molecule has 10 heteroatoms. The molecule has 1 fully saturated rings. The third kappa shape index (κ3) is 10.8. The molecule has 3 amide bonds. The average Bonchev–Trinajstić information content (AvgIpc) is 3.16. The Balaban J connectivity index is 1.49. The van der Waals surface area contributed by atoms with Crippen LogP contribution < -0.4 is 4.74 Å². The van der Waals surface area contributed by atoms with Crippen molar-refractivity contribution in [2.75, 3.05) is 26.7 Å². The Kier molecular flexibility index (Phi) is 13.9. The number of carbonyl (C=O) groups is 2. The number of hydrogen-bond acceptors (Lipinski definition) is 5. The molecule has 2 heterocycles. The number of carbonyl (C=O) groups excluding carboxylic acids is 2. The largest absolute Gasteiger partial charge is 0.493 e. The topological polar surface area (TPSA) is 78.3 Å². The van der Waals surface area contributed by atoms with Crippen LogP contribution in [0.4, 0.5) is 4.79 Å². The van der Waals surface area contributed by atoms with Crippen molar-refractivity contribution in [3.8, 4) is 5.75 Å². The first-order valence-corrected chi connectivity index (χ1v) is 20.2. The summed E-state index contributed by atoms with van der Waals surface area (Å²) in [7, 11) is 1.88. The van der Waals surface area contributed by atoms with Crippen molar-refractivity contribution in [1.29, 1.82) is 0 Å². The Bertz CT molecular complexity index is 1880. The summed E-state index contributed by atoms with van der Waals surface area (Å²) < 4.78 is 6.32. The van der Waals surface area contributed by atoms with Crippen molar-refractivity contribution in [1.82, 2.24) is 19.7 Å². The van der Waals surface area contributed by atoms with Crippen molar-refractivity contribution in [2.45, 2.75) is 97.7 Å². The smallest absolute Gasteiger partial charge is 0.325 e. The van der Waals surface area contributed by atoms with Crippen LogP contribution in [0.2, 0.25) is 5.02 Å². The number of nitrogens with zero attached hydrogens (tertiary/aromatic N) is 5. The number of pyridine rings is 1. The number of ether oxygens (including phenoxy) is 1. The van der Waals surface area contributed by atoms with Crippen LogP contribution in [0.25, 0.3) is 0 Å². The molecule has 1 unspecified atom stereocenters. The van der Waals surface area contributed by atoms with Crippen LogP contribution in [0, 0.1) is 11.8 Å². The predicted octanol–water partition coefficient (Wildman–Crippen LogP) is 10.6. The van der Waals surface area contributed by atoms with Crippen LogP contribution in [0.3, 0.4) is 0 Å². The first-order chi connectivity index (χ1) is 26.1. The van der Waals surface area contributed by atoms with Gasteiger partial charge in [0.2, 0.25) is 5.91 Å². The van der Waals surface area contributed by atoms with Crippen LogP contribution in [-0.4, -0.2) is 69.7 Å². The minimum Gasteiger partial charge on any atom is -0.493 e. The minimum atomic E-state index is -0.638. The Morgan fingerprint density at radius 2 is 1.69 bits per heavy atom. The fraction of sp³-hybridized carbons (Fsp3) is 0.467. The molecule has 0 N–H and O–H groups in total. The summed E-state index contributed by atoms with van der Waals surface area (Å²) in [6.07, 6.45) is 10.5. The number of piperidine rings is 1. The molecule has 8 nitrogen and oxygen atoms in total. The fourth-order valence-corrected chi connectivity index (χ4v) is 7.38. The molecule has 1 saturated heterocycles. The van der Waals surface area contributed by atoms with E-state index in [2.05, 4.69) is 59.8 Å². The van der Waals surface area contributed by atoms with Gasteiger partial charge >= 0.3 is 6.03 Å². The molecular formula is C45H57Cl2N5O3. The maximum absolute atomic E-state index is 15.0. The molecule has 1 aliphatic carbocycles. The molecular weight excluding hydrogens is 729 g/mol. The molecule has 0 saturated carbocycles. The Morgan fingerprint density at radius 1 is 1.02 bits per heavy atom. The summed E-state index contributed by atoms with van der Waals surface area (Å²) in [5.41, 5.74) is 2.68. The highest BCUT2D eigenvalue weighted by Crippen LogP contribution is 2.35. The van der Waals surface area contributed by atoms with E-state index in [0.717, 1.165) is 36.1 Å². The number of allylic oxidation sites excluding steroid dienone is 3. The first-order valence-electron chi connectivity index (χ1n) is 19.5. The second-order valence-electron chi connectivity index (χ2n) is 16.3. The molecule has 2 aromatic carbocycles. The Morgan fingerprint density at radius 3 is 2.29 bits per heavy atom. The zero-order valence-electron chi connectivity index (χ0n) is 33.7. The first kappa shape index (κ1) is 42.0. The fourth-order valence-electron chi connectivity index (χ4n) is 7.10. The normalized spacial score (nSPS) is 17.4. The SMILES string of the molecule is CCOc1cc(C(C)(C)C)ncc1/C(=N/C(C)(C)C1C=CC(Cl)=CC1)N(Cc1ccc(Cl)cc1)C(=O)N1CCC(CC(=O)N(C)[C@@H](C)c2ccccc2)CC1. The van der Waals surface area contributed by atoms with E-state index in [0.29, 0.717) is 53.3 Å². The van der Waals surface area contributed by atoms with Crippen molar-refractivity contribution >= 4 is 41.0 Å². The summed E-state index contributed by atoms with van der Waals surface area (Å²) in [6.45, 7) is 16.3. The van der Waals surface area contributed by atoms with E-state index in [-0.39, 0.29) is 41.8 Å². The van der Waals surface area contributed by atoms with Crippen molar-refractivity contribution < 1.29 is 14.3 Å². The molecule has 294 valence electrons. The van der Waals surface area contributed by atoms with Crippen LogP contribution in [0.1, 0.15) is 103 Å². The summed E-state index contributed by atoms with van der Waals surface area (Å²) in [5, 5.41) is 1.33. The van der Waals surface area contributed by atoms with E-state index in [1.807, 2.05) is 84.5 Å². The highest BCUT2D eigenvalue weighted by molar-refractivity contribution is 6.31. The summed E-state index contributed by atoms with van der Waals surface area (Å²) in [5.74, 6) is 1.44. The molecule has 1 aliphatic heterocycles. The lowest BCUT2D eigenvalue weighted by molar-refractivity contribution is -0.133. The highest BCUT2D eigenvalue weighted by atomic mass is 35.5. The molecule has 3 aromatic rings. The van der Waals surface area contributed by atoms with Crippen molar-refractivity contribution in [2.24, 2.45) is 16.8 Å². The predicted molar refractivity (Wildman–Crippen MR) is 225 cm³/mol. The number of amides is 3. The number of halogens is 2.